The molecule has 0 saturated heterocycles. The zero-order valence-electron chi connectivity index (χ0n) is 14.2. The van der Waals surface area contributed by atoms with Gasteiger partial charge in [0.25, 0.3) is 0 Å². The SMILES string of the molecule is CN.CN.CN.[CH2]CCCCCCCCCCCC. The Bertz CT molecular complexity index is 78.1. The van der Waals surface area contributed by atoms with E-state index in [9.17, 15) is 0 Å². The van der Waals surface area contributed by atoms with Gasteiger partial charge in [0.1, 0.15) is 0 Å². The van der Waals surface area contributed by atoms with E-state index in [0.717, 1.165) is 6.42 Å². The van der Waals surface area contributed by atoms with Gasteiger partial charge in [-0.1, -0.05) is 84.5 Å². The van der Waals surface area contributed by atoms with Crippen LogP contribution in [0.2, 0.25) is 0 Å². The van der Waals surface area contributed by atoms with E-state index < -0.39 is 0 Å². The van der Waals surface area contributed by atoms with Crippen LogP contribution >= 0.6 is 0 Å². The van der Waals surface area contributed by atoms with Gasteiger partial charge in [-0.25, -0.2) is 0 Å². The summed E-state index contributed by atoms with van der Waals surface area (Å²) >= 11 is 0. The highest BCUT2D eigenvalue weighted by molar-refractivity contribution is 4.48. The van der Waals surface area contributed by atoms with Crippen LogP contribution in [0.4, 0.5) is 0 Å². The number of unbranched alkanes of at least 4 members (excludes halogenated alkanes) is 10. The van der Waals surface area contributed by atoms with Gasteiger partial charge in [0.05, 0.1) is 0 Å². The zero-order valence-corrected chi connectivity index (χ0v) is 14.2. The Balaban J connectivity index is -0.000000163. The molecule has 0 aliphatic carbocycles. The molecule has 0 unspecified atom stereocenters. The lowest BCUT2D eigenvalue weighted by Gasteiger charge is -2.00. The van der Waals surface area contributed by atoms with Gasteiger partial charge in [-0.2, -0.15) is 0 Å². The van der Waals surface area contributed by atoms with Crippen LogP contribution in [-0.4, -0.2) is 21.1 Å². The Hall–Kier alpha value is -0.120. The predicted molar refractivity (Wildman–Crippen MR) is 92.2 cm³/mol. The van der Waals surface area contributed by atoms with Gasteiger partial charge >= 0.3 is 0 Å². The van der Waals surface area contributed by atoms with Gasteiger partial charge in [0.2, 0.25) is 0 Å². The third-order valence-electron chi connectivity index (χ3n) is 2.60. The van der Waals surface area contributed by atoms with Gasteiger partial charge in [-0.3, -0.25) is 0 Å². The lowest BCUT2D eigenvalue weighted by Crippen LogP contribution is -1.81. The molecule has 6 N–H and O–H groups in total. The largest absolute Gasteiger partial charge is 0.333 e. The normalized spacial score (nSPS) is 8.21. The van der Waals surface area contributed by atoms with Crippen molar-refractivity contribution < 1.29 is 0 Å². The van der Waals surface area contributed by atoms with Crippen molar-refractivity contribution in [1.82, 2.24) is 0 Å². The first-order valence-electron chi connectivity index (χ1n) is 7.94. The minimum atomic E-state index is 1.12. The Morgan fingerprint density at radius 3 is 1.05 bits per heavy atom. The lowest BCUT2D eigenvalue weighted by atomic mass is 10.1. The van der Waals surface area contributed by atoms with E-state index >= 15 is 0 Å². The van der Waals surface area contributed by atoms with Gasteiger partial charge in [-0.15, -0.1) is 0 Å². The maximum absolute atomic E-state index is 4.50. The molecule has 0 atom stereocenters. The van der Waals surface area contributed by atoms with Crippen LogP contribution in [-0.2, 0) is 0 Å². The van der Waals surface area contributed by atoms with Gasteiger partial charge < -0.3 is 17.2 Å². The Kier molecular flexibility index (Phi) is 61.7. The molecule has 3 heteroatoms. The monoisotopic (exact) mass is 276 g/mol. The van der Waals surface area contributed by atoms with Crippen molar-refractivity contribution >= 4 is 0 Å². The summed E-state index contributed by atoms with van der Waals surface area (Å²) in [6.45, 7) is 6.13. The Labute approximate surface area is 123 Å². The molecule has 0 aromatic heterocycles. The average Bonchev–Trinajstić information content (AvgIpc) is 2.52. The molecule has 121 valence electrons. The second-order valence-electron chi connectivity index (χ2n) is 4.04. The van der Waals surface area contributed by atoms with E-state index in [4.69, 9.17) is 0 Å². The van der Waals surface area contributed by atoms with Crippen LogP contribution < -0.4 is 17.2 Å². The summed E-state index contributed by atoms with van der Waals surface area (Å²) in [5.41, 5.74) is 13.5. The predicted octanol–water partition coefficient (Wildman–Crippen LogP) is 3.86. The zero-order chi connectivity index (χ0) is 15.8. The molecule has 0 spiro atoms. The summed E-state index contributed by atoms with van der Waals surface area (Å²) in [4.78, 5) is 0. The fourth-order valence-corrected chi connectivity index (χ4v) is 1.66. The van der Waals surface area contributed by atoms with Crippen molar-refractivity contribution in [3.63, 3.8) is 0 Å². The highest BCUT2D eigenvalue weighted by Crippen LogP contribution is 2.10. The van der Waals surface area contributed by atoms with Crippen LogP contribution in [0.3, 0.4) is 0 Å². The highest BCUT2D eigenvalue weighted by Gasteiger charge is 1.90. The molecule has 0 bridgehead atoms. The number of rotatable bonds is 10. The molecule has 0 aliphatic heterocycles. The van der Waals surface area contributed by atoms with Crippen LogP contribution in [0, 0.1) is 6.92 Å². The number of hydrogen-bond acceptors (Lipinski definition) is 3. The minimum absolute atomic E-state index is 1.12. The van der Waals surface area contributed by atoms with Crippen LogP contribution in [0.1, 0.15) is 77.6 Å². The standard InChI is InChI=1S/C13H27.3CH5N/c1-3-5-7-9-11-13-12-10-8-6-4-2;3*1-2/h1,3-13H2,2H3;3*2H2,1H3. The summed E-state index contributed by atoms with van der Waals surface area (Å²) < 4.78 is 0. The molecule has 0 saturated carbocycles. The van der Waals surface area contributed by atoms with Crippen molar-refractivity contribution in [3.8, 4) is 0 Å². The van der Waals surface area contributed by atoms with Gasteiger partial charge in [0, 0.05) is 0 Å². The van der Waals surface area contributed by atoms with Crippen molar-refractivity contribution in [2.75, 3.05) is 21.1 Å². The van der Waals surface area contributed by atoms with E-state index in [1.54, 1.807) is 0 Å². The first kappa shape index (κ1) is 27.3. The Morgan fingerprint density at radius 2 is 0.789 bits per heavy atom. The maximum Gasteiger partial charge on any atom is -0.0195 e. The second-order valence-corrected chi connectivity index (χ2v) is 4.04. The third-order valence-corrected chi connectivity index (χ3v) is 2.60. The molecule has 0 aromatic rings. The molecule has 0 rings (SSSR count). The summed E-state index contributed by atoms with van der Waals surface area (Å²) in [6.07, 6.45) is 15.4. The molecular formula is C16H42N3. The van der Waals surface area contributed by atoms with Crippen LogP contribution in [0.25, 0.3) is 0 Å². The number of nitrogens with two attached hydrogens (primary N) is 3. The molecule has 19 heavy (non-hydrogen) atoms. The van der Waals surface area contributed by atoms with Gasteiger partial charge in [0.15, 0.2) is 0 Å². The maximum atomic E-state index is 4.50. The van der Waals surface area contributed by atoms with Gasteiger partial charge in [-0.05, 0) is 21.1 Å². The van der Waals surface area contributed by atoms with Crippen molar-refractivity contribution in [2.24, 2.45) is 17.2 Å². The quantitative estimate of drug-likeness (QED) is 0.530. The third kappa shape index (κ3) is 46.2. The van der Waals surface area contributed by atoms with E-state index in [1.165, 1.54) is 85.4 Å². The topological polar surface area (TPSA) is 78.1 Å². The smallest absolute Gasteiger partial charge is 0.0195 e. The molecule has 3 nitrogen and oxygen atoms in total. The second kappa shape index (κ2) is 43.0. The van der Waals surface area contributed by atoms with Crippen LogP contribution in [0.5, 0.6) is 0 Å². The van der Waals surface area contributed by atoms with E-state index in [1.807, 2.05) is 0 Å². The fraction of sp³-hybridized carbons (Fsp3) is 0.938. The van der Waals surface area contributed by atoms with Crippen molar-refractivity contribution in [1.29, 1.82) is 0 Å². The molecule has 0 amide bonds. The summed E-state index contributed by atoms with van der Waals surface area (Å²) in [5.74, 6) is 0. The lowest BCUT2D eigenvalue weighted by molar-refractivity contribution is 0.557. The van der Waals surface area contributed by atoms with E-state index in [-0.39, 0.29) is 0 Å². The molecule has 0 fully saturated rings. The molecule has 0 aromatic carbocycles. The molecular weight excluding hydrogens is 234 g/mol. The van der Waals surface area contributed by atoms with E-state index in [2.05, 4.69) is 31.0 Å². The minimum Gasteiger partial charge on any atom is -0.333 e. The van der Waals surface area contributed by atoms with Crippen LogP contribution in [0.15, 0.2) is 0 Å². The molecule has 0 heterocycles. The van der Waals surface area contributed by atoms with Crippen molar-refractivity contribution in [3.05, 3.63) is 6.92 Å². The first-order valence-corrected chi connectivity index (χ1v) is 7.94. The fourth-order valence-electron chi connectivity index (χ4n) is 1.66. The summed E-state index contributed by atoms with van der Waals surface area (Å²) in [7, 11) is 4.50. The van der Waals surface area contributed by atoms with E-state index in [0.29, 0.717) is 0 Å². The first-order chi connectivity index (χ1) is 9.41. The Morgan fingerprint density at radius 1 is 0.526 bits per heavy atom. The molecule has 1 radical (unpaired) electrons. The summed E-state index contributed by atoms with van der Waals surface area (Å²) in [6, 6.07) is 0. The molecule has 0 aliphatic rings. The highest BCUT2D eigenvalue weighted by atomic mass is 14.4. The summed E-state index contributed by atoms with van der Waals surface area (Å²) in [5, 5.41) is 0. The average molecular weight is 277 g/mol. The van der Waals surface area contributed by atoms with Crippen molar-refractivity contribution in [2.45, 2.75) is 77.6 Å². The number of hydrogen-bond donors (Lipinski definition) is 3.